The number of rotatable bonds is 3. The largest absolute Gasteiger partial charge is 0.508 e. The van der Waals surface area contributed by atoms with E-state index in [2.05, 4.69) is 0 Å². The Bertz CT molecular complexity index is 318. The molecule has 0 fully saturated rings. The van der Waals surface area contributed by atoms with E-state index in [1.54, 1.807) is 18.2 Å². The lowest BCUT2D eigenvalue weighted by molar-refractivity contribution is 0.101. The molecule has 13 heavy (non-hydrogen) atoms. The minimum atomic E-state index is -0.0667. The average Bonchev–Trinajstić information content (AvgIpc) is 2.08. The molecule has 3 nitrogen and oxygen atoms in total. The van der Waals surface area contributed by atoms with Gasteiger partial charge in [0.25, 0.3) is 0 Å². The molecule has 0 unspecified atom stereocenters. The van der Waals surface area contributed by atoms with E-state index in [-0.39, 0.29) is 18.1 Å². The summed E-state index contributed by atoms with van der Waals surface area (Å²) in [6.07, 6.45) is 0. The standard InChI is InChI=1S/C10H12O3/c1-7(11)8-4-3-5-10(12)9(8)6-13-2/h3-5,12H,6H2,1-2H3. The molecule has 70 valence electrons. The molecule has 1 aromatic carbocycles. The molecule has 0 aliphatic carbocycles. The molecule has 3 heteroatoms. The van der Waals surface area contributed by atoms with Crippen molar-refractivity contribution in [2.45, 2.75) is 13.5 Å². The van der Waals surface area contributed by atoms with Crippen LogP contribution >= 0.6 is 0 Å². The number of ketones is 1. The Balaban J connectivity index is 3.17. The summed E-state index contributed by atoms with van der Waals surface area (Å²) in [6.45, 7) is 1.72. The molecule has 1 rings (SSSR count). The number of carbonyl (C=O) groups excluding carboxylic acids is 1. The lowest BCUT2D eigenvalue weighted by Crippen LogP contribution is -2.00. The molecule has 0 bridgehead atoms. The van der Waals surface area contributed by atoms with Gasteiger partial charge in [0.05, 0.1) is 6.61 Å². The summed E-state index contributed by atoms with van der Waals surface area (Å²) >= 11 is 0. The van der Waals surface area contributed by atoms with Crippen LogP contribution in [0.2, 0.25) is 0 Å². The molecule has 0 spiro atoms. The van der Waals surface area contributed by atoms with Gasteiger partial charge in [0, 0.05) is 18.2 Å². The Morgan fingerprint density at radius 1 is 1.54 bits per heavy atom. The minimum Gasteiger partial charge on any atom is -0.508 e. The second-order valence-electron chi connectivity index (χ2n) is 2.79. The Kier molecular flexibility index (Phi) is 3.03. The van der Waals surface area contributed by atoms with Crippen molar-refractivity contribution in [1.29, 1.82) is 0 Å². The molecule has 1 aromatic rings. The first-order chi connectivity index (χ1) is 6.16. The highest BCUT2D eigenvalue weighted by Crippen LogP contribution is 2.21. The second-order valence-corrected chi connectivity index (χ2v) is 2.79. The number of hydrogen-bond donors (Lipinski definition) is 1. The molecule has 0 radical (unpaired) electrons. The molecule has 0 saturated carbocycles. The molecule has 0 saturated heterocycles. The summed E-state index contributed by atoms with van der Waals surface area (Å²) < 4.78 is 4.89. The second kappa shape index (κ2) is 4.05. The number of ether oxygens (including phenoxy) is 1. The number of aromatic hydroxyl groups is 1. The highest BCUT2D eigenvalue weighted by Gasteiger charge is 2.10. The van der Waals surface area contributed by atoms with Crippen LogP contribution in [0, 0.1) is 0 Å². The lowest BCUT2D eigenvalue weighted by atomic mass is 10.0. The maximum atomic E-state index is 11.1. The zero-order valence-electron chi connectivity index (χ0n) is 7.70. The summed E-state index contributed by atoms with van der Waals surface area (Å²) in [4.78, 5) is 11.1. The van der Waals surface area contributed by atoms with Gasteiger partial charge in [0.2, 0.25) is 0 Å². The van der Waals surface area contributed by atoms with Crippen LogP contribution in [0.1, 0.15) is 22.8 Å². The van der Waals surface area contributed by atoms with Crippen LogP contribution in [-0.4, -0.2) is 18.0 Å². The van der Waals surface area contributed by atoms with Crippen molar-refractivity contribution >= 4 is 5.78 Å². The van der Waals surface area contributed by atoms with E-state index in [1.165, 1.54) is 14.0 Å². The molecule has 0 aliphatic heterocycles. The van der Waals surface area contributed by atoms with Crippen molar-refractivity contribution in [3.05, 3.63) is 29.3 Å². The van der Waals surface area contributed by atoms with Crippen LogP contribution in [-0.2, 0) is 11.3 Å². The van der Waals surface area contributed by atoms with E-state index in [0.717, 1.165) is 0 Å². The molecule has 0 aromatic heterocycles. The fraction of sp³-hybridized carbons (Fsp3) is 0.300. The first-order valence-corrected chi connectivity index (χ1v) is 3.97. The van der Waals surface area contributed by atoms with E-state index in [0.29, 0.717) is 11.1 Å². The summed E-state index contributed by atoms with van der Waals surface area (Å²) in [7, 11) is 1.52. The van der Waals surface area contributed by atoms with Crippen LogP contribution in [0.5, 0.6) is 5.75 Å². The summed E-state index contributed by atoms with van der Waals surface area (Å²) in [5.41, 5.74) is 1.07. The van der Waals surface area contributed by atoms with Gasteiger partial charge >= 0.3 is 0 Å². The highest BCUT2D eigenvalue weighted by molar-refractivity contribution is 5.96. The molecule has 0 heterocycles. The van der Waals surface area contributed by atoms with Gasteiger partial charge < -0.3 is 9.84 Å². The van der Waals surface area contributed by atoms with E-state index in [4.69, 9.17) is 4.74 Å². The first kappa shape index (κ1) is 9.74. The maximum Gasteiger partial charge on any atom is 0.160 e. The zero-order chi connectivity index (χ0) is 9.84. The molecular weight excluding hydrogens is 168 g/mol. The third kappa shape index (κ3) is 2.06. The fourth-order valence-corrected chi connectivity index (χ4v) is 1.20. The van der Waals surface area contributed by atoms with Gasteiger partial charge in [-0.05, 0) is 13.0 Å². The van der Waals surface area contributed by atoms with Crippen molar-refractivity contribution in [3.63, 3.8) is 0 Å². The van der Waals surface area contributed by atoms with Gasteiger partial charge in [-0.25, -0.2) is 0 Å². The number of phenolic OH excluding ortho intramolecular Hbond substituents is 1. The Morgan fingerprint density at radius 2 is 2.23 bits per heavy atom. The first-order valence-electron chi connectivity index (χ1n) is 3.97. The topological polar surface area (TPSA) is 46.5 Å². The van der Waals surface area contributed by atoms with Gasteiger partial charge in [-0.15, -0.1) is 0 Å². The van der Waals surface area contributed by atoms with Gasteiger partial charge in [-0.1, -0.05) is 12.1 Å². The lowest BCUT2D eigenvalue weighted by Gasteiger charge is -2.07. The number of Topliss-reactive ketones (excluding diaryl/α,β-unsaturated/α-hetero) is 1. The third-order valence-electron chi connectivity index (χ3n) is 1.82. The van der Waals surface area contributed by atoms with Gasteiger partial charge in [0.15, 0.2) is 5.78 Å². The SMILES string of the molecule is COCc1c(O)cccc1C(C)=O. The predicted molar refractivity (Wildman–Crippen MR) is 48.8 cm³/mol. The number of phenols is 1. The van der Waals surface area contributed by atoms with Crippen molar-refractivity contribution < 1.29 is 14.6 Å². The van der Waals surface area contributed by atoms with Crippen LogP contribution in [0.4, 0.5) is 0 Å². The van der Waals surface area contributed by atoms with Crippen LogP contribution in [0.3, 0.4) is 0 Å². The smallest absolute Gasteiger partial charge is 0.160 e. The molecule has 0 amide bonds. The normalized spacial score (nSPS) is 10.0. The third-order valence-corrected chi connectivity index (χ3v) is 1.82. The molecule has 0 atom stereocenters. The van der Waals surface area contributed by atoms with E-state index >= 15 is 0 Å². The van der Waals surface area contributed by atoms with Crippen molar-refractivity contribution in [2.75, 3.05) is 7.11 Å². The van der Waals surface area contributed by atoms with Crippen molar-refractivity contribution in [3.8, 4) is 5.75 Å². The van der Waals surface area contributed by atoms with Gasteiger partial charge in [0.1, 0.15) is 5.75 Å². The summed E-state index contributed by atoms with van der Waals surface area (Å²) in [6, 6.07) is 4.86. The monoisotopic (exact) mass is 180 g/mol. The van der Waals surface area contributed by atoms with Crippen LogP contribution in [0.25, 0.3) is 0 Å². The van der Waals surface area contributed by atoms with Crippen molar-refractivity contribution in [2.24, 2.45) is 0 Å². The number of hydrogen-bond acceptors (Lipinski definition) is 3. The molecular formula is C10H12O3. The van der Waals surface area contributed by atoms with E-state index in [1.807, 2.05) is 0 Å². The number of carbonyl (C=O) groups is 1. The predicted octanol–water partition coefficient (Wildman–Crippen LogP) is 1.74. The van der Waals surface area contributed by atoms with Crippen molar-refractivity contribution in [1.82, 2.24) is 0 Å². The number of benzene rings is 1. The quantitative estimate of drug-likeness (QED) is 0.721. The summed E-state index contributed by atoms with van der Waals surface area (Å²) in [5, 5.41) is 9.44. The van der Waals surface area contributed by atoms with Crippen LogP contribution in [0.15, 0.2) is 18.2 Å². The van der Waals surface area contributed by atoms with E-state index < -0.39 is 0 Å². The fourth-order valence-electron chi connectivity index (χ4n) is 1.20. The van der Waals surface area contributed by atoms with E-state index in [9.17, 15) is 9.90 Å². The summed E-state index contributed by atoms with van der Waals surface area (Å²) in [5.74, 6) is 0.0394. The zero-order valence-corrected chi connectivity index (χ0v) is 7.70. The molecule has 0 aliphatic rings. The van der Waals surface area contributed by atoms with Gasteiger partial charge in [-0.3, -0.25) is 4.79 Å². The molecule has 1 N–H and O–H groups in total. The highest BCUT2D eigenvalue weighted by atomic mass is 16.5. The minimum absolute atomic E-state index is 0.0667. The average molecular weight is 180 g/mol. The number of methoxy groups -OCH3 is 1. The maximum absolute atomic E-state index is 11.1. The Morgan fingerprint density at radius 3 is 2.77 bits per heavy atom. The Hall–Kier alpha value is -1.35. The Labute approximate surface area is 77.0 Å². The van der Waals surface area contributed by atoms with Crippen LogP contribution < -0.4 is 0 Å². The van der Waals surface area contributed by atoms with Gasteiger partial charge in [-0.2, -0.15) is 0 Å².